The van der Waals surface area contributed by atoms with Gasteiger partial charge in [-0.15, -0.1) is 0 Å². The molecule has 0 heterocycles. The SMILES string of the molecule is CC(C)(C)OC(=O)NCCNC(=O)[C@H]1C[C@H]2CC[C@H]1C2. The van der Waals surface area contributed by atoms with Gasteiger partial charge in [0.2, 0.25) is 5.91 Å². The highest BCUT2D eigenvalue weighted by Crippen LogP contribution is 2.48. The predicted molar refractivity (Wildman–Crippen MR) is 76.2 cm³/mol. The summed E-state index contributed by atoms with van der Waals surface area (Å²) in [5.74, 6) is 1.73. The number of fused-ring (bicyclic) bond motifs is 2. The molecular weight excluding hydrogens is 256 g/mol. The van der Waals surface area contributed by atoms with E-state index in [1.165, 1.54) is 19.3 Å². The molecule has 5 heteroatoms. The second kappa shape index (κ2) is 6.02. The summed E-state index contributed by atoms with van der Waals surface area (Å²) in [6.07, 6.45) is 4.35. The van der Waals surface area contributed by atoms with Crippen LogP contribution < -0.4 is 10.6 Å². The van der Waals surface area contributed by atoms with E-state index < -0.39 is 11.7 Å². The van der Waals surface area contributed by atoms with E-state index in [-0.39, 0.29) is 11.8 Å². The van der Waals surface area contributed by atoms with Gasteiger partial charge in [0.1, 0.15) is 5.60 Å². The second-order valence-electron chi connectivity index (χ2n) is 7.00. The maximum Gasteiger partial charge on any atom is 0.407 e. The zero-order valence-electron chi connectivity index (χ0n) is 12.7. The summed E-state index contributed by atoms with van der Waals surface area (Å²) in [5.41, 5.74) is -0.490. The lowest BCUT2D eigenvalue weighted by Crippen LogP contribution is -2.40. The van der Waals surface area contributed by atoms with Crippen LogP contribution in [0.15, 0.2) is 0 Å². The third-order valence-electron chi connectivity index (χ3n) is 4.17. The van der Waals surface area contributed by atoms with Crippen LogP contribution in [0.3, 0.4) is 0 Å². The number of rotatable bonds is 4. The molecule has 2 fully saturated rings. The lowest BCUT2D eigenvalue weighted by Gasteiger charge is -2.21. The number of hydrogen-bond donors (Lipinski definition) is 2. The molecule has 20 heavy (non-hydrogen) atoms. The van der Waals surface area contributed by atoms with E-state index in [2.05, 4.69) is 10.6 Å². The number of alkyl carbamates (subject to hydrolysis) is 1. The molecule has 0 unspecified atom stereocenters. The number of hydrogen-bond acceptors (Lipinski definition) is 3. The molecule has 2 amide bonds. The molecule has 2 rings (SSSR count). The van der Waals surface area contributed by atoms with Crippen LogP contribution >= 0.6 is 0 Å². The van der Waals surface area contributed by atoms with Crippen molar-refractivity contribution in [1.29, 1.82) is 0 Å². The van der Waals surface area contributed by atoms with Gasteiger partial charge in [-0.25, -0.2) is 4.79 Å². The molecule has 2 aliphatic carbocycles. The molecule has 114 valence electrons. The fourth-order valence-corrected chi connectivity index (χ4v) is 3.36. The first-order valence-electron chi connectivity index (χ1n) is 7.60. The molecule has 0 aliphatic heterocycles. The Hall–Kier alpha value is -1.26. The average Bonchev–Trinajstić information content (AvgIpc) is 2.94. The highest BCUT2D eigenvalue weighted by molar-refractivity contribution is 5.79. The lowest BCUT2D eigenvalue weighted by molar-refractivity contribution is -0.126. The molecule has 3 atom stereocenters. The molecule has 2 N–H and O–H groups in total. The molecule has 0 aromatic rings. The molecule has 0 aromatic heterocycles. The third kappa shape index (κ3) is 4.12. The monoisotopic (exact) mass is 282 g/mol. The number of ether oxygens (including phenoxy) is 1. The minimum Gasteiger partial charge on any atom is -0.444 e. The maximum atomic E-state index is 12.1. The summed E-state index contributed by atoms with van der Waals surface area (Å²) in [7, 11) is 0. The van der Waals surface area contributed by atoms with Crippen LogP contribution in [0.5, 0.6) is 0 Å². The molecular formula is C15H26N2O3. The van der Waals surface area contributed by atoms with Crippen LogP contribution in [0.25, 0.3) is 0 Å². The molecule has 5 nitrogen and oxygen atoms in total. The lowest BCUT2D eigenvalue weighted by atomic mass is 9.88. The summed E-state index contributed by atoms with van der Waals surface area (Å²) in [6.45, 7) is 6.34. The van der Waals surface area contributed by atoms with Gasteiger partial charge in [0.15, 0.2) is 0 Å². The Labute approximate surface area is 120 Å². The van der Waals surface area contributed by atoms with Gasteiger partial charge in [-0.3, -0.25) is 4.79 Å². The summed E-state index contributed by atoms with van der Waals surface area (Å²) < 4.78 is 5.12. The topological polar surface area (TPSA) is 67.4 Å². The molecule has 0 radical (unpaired) electrons. The Balaban J connectivity index is 1.59. The number of carbonyl (C=O) groups is 2. The fourth-order valence-electron chi connectivity index (χ4n) is 3.36. The smallest absolute Gasteiger partial charge is 0.407 e. The van der Waals surface area contributed by atoms with Crippen LogP contribution in [-0.2, 0) is 9.53 Å². The van der Waals surface area contributed by atoms with Crippen LogP contribution in [0, 0.1) is 17.8 Å². The third-order valence-corrected chi connectivity index (χ3v) is 4.17. The van der Waals surface area contributed by atoms with Crippen LogP contribution in [0.4, 0.5) is 4.79 Å². The first kappa shape index (κ1) is 15.1. The van der Waals surface area contributed by atoms with Crippen molar-refractivity contribution in [2.75, 3.05) is 13.1 Å². The van der Waals surface area contributed by atoms with Crippen LogP contribution in [0.1, 0.15) is 46.5 Å². The molecule has 2 aliphatic rings. The Kier molecular flexibility index (Phi) is 4.55. The predicted octanol–water partition coefficient (Wildman–Crippen LogP) is 2.06. The molecule has 0 aromatic carbocycles. The van der Waals surface area contributed by atoms with Crippen molar-refractivity contribution in [2.45, 2.75) is 52.1 Å². The Morgan fingerprint density at radius 1 is 1.10 bits per heavy atom. The van der Waals surface area contributed by atoms with Crippen LogP contribution in [-0.4, -0.2) is 30.7 Å². The van der Waals surface area contributed by atoms with Crippen molar-refractivity contribution in [3.63, 3.8) is 0 Å². The minimum atomic E-state index is -0.490. The molecule has 0 spiro atoms. The van der Waals surface area contributed by atoms with Crippen LogP contribution in [0.2, 0.25) is 0 Å². The van der Waals surface area contributed by atoms with Crippen molar-refractivity contribution in [3.05, 3.63) is 0 Å². The Morgan fingerprint density at radius 2 is 1.80 bits per heavy atom. The van der Waals surface area contributed by atoms with Crippen molar-refractivity contribution in [1.82, 2.24) is 10.6 Å². The first-order valence-corrected chi connectivity index (χ1v) is 7.60. The van der Waals surface area contributed by atoms with Crippen molar-refractivity contribution in [3.8, 4) is 0 Å². The molecule has 2 bridgehead atoms. The van der Waals surface area contributed by atoms with Gasteiger partial charge in [0.25, 0.3) is 0 Å². The first-order chi connectivity index (χ1) is 9.35. The molecule has 0 saturated heterocycles. The van der Waals surface area contributed by atoms with Gasteiger partial charge in [-0.2, -0.15) is 0 Å². The van der Waals surface area contributed by atoms with Gasteiger partial charge in [0.05, 0.1) is 0 Å². The van der Waals surface area contributed by atoms with E-state index in [9.17, 15) is 9.59 Å². The maximum absolute atomic E-state index is 12.1. The zero-order valence-corrected chi connectivity index (χ0v) is 12.7. The second-order valence-corrected chi connectivity index (χ2v) is 7.00. The van der Waals surface area contributed by atoms with Crippen molar-refractivity contribution in [2.24, 2.45) is 17.8 Å². The highest BCUT2D eigenvalue weighted by Gasteiger charge is 2.42. The van der Waals surface area contributed by atoms with Gasteiger partial charge in [-0.1, -0.05) is 6.42 Å². The van der Waals surface area contributed by atoms with Gasteiger partial charge < -0.3 is 15.4 Å². The molecule has 2 saturated carbocycles. The minimum absolute atomic E-state index is 0.156. The largest absolute Gasteiger partial charge is 0.444 e. The summed E-state index contributed by atoms with van der Waals surface area (Å²) in [5, 5.41) is 5.56. The van der Waals surface area contributed by atoms with Crippen molar-refractivity contribution < 1.29 is 14.3 Å². The van der Waals surface area contributed by atoms with E-state index in [4.69, 9.17) is 4.74 Å². The number of nitrogens with one attached hydrogen (secondary N) is 2. The van der Waals surface area contributed by atoms with E-state index in [1.807, 2.05) is 20.8 Å². The van der Waals surface area contributed by atoms with Gasteiger partial charge in [0, 0.05) is 19.0 Å². The van der Waals surface area contributed by atoms with E-state index in [1.54, 1.807) is 0 Å². The van der Waals surface area contributed by atoms with Crippen molar-refractivity contribution >= 4 is 12.0 Å². The summed E-state index contributed by atoms with van der Waals surface area (Å²) in [4.78, 5) is 23.5. The van der Waals surface area contributed by atoms with Gasteiger partial charge >= 0.3 is 6.09 Å². The van der Waals surface area contributed by atoms with E-state index >= 15 is 0 Å². The van der Waals surface area contributed by atoms with Gasteiger partial charge in [-0.05, 0) is 51.9 Å². The highest BCUT2D eigenvalue weighted by atomic mass is 16.6. The Bertz CT molecular complexity index is 376. The quantitative estimate of drug-likeness (QED) is 0.776. The number of amides is 2. The standard InChI is InChI=1S/C15H26N2O3/c1-15(2,3)20-14(19)17-7-6-16-13(18)12-9-10-4-5-11(12)8-10/h10-12H,4-9H2,1-3H3,(H,16,18)(H,17,19)/t10-,11-,12-/m0/s1. The van der Waals surface area contributed by atoms with E-state index in [0.717, 1.165) is 12.3 Å². The zero-order chi connectivity index (χ0) is 14.8. The number of carbonyl (C=O) groups excluding carboxylic acids is 2. The normalized spacial score (nSPS) is 28.2. The fraction of sp³-hybridized carbons (Fsp3) is 0.867. The van der Waals surface area contributed by atoms with E-state index in [0.29, 0.717) is 19.0 Å². The average molecular weight is 282 g/mol. The summed E-state index contributed by atoms with van der Waals surface area (Å²) >= 11 is 0. The Morgan fingerprint density at radius 3 is 2.35 bits per heavy atom. The summed E-state index contributed by atoms with van der Waals surface area (Å²) in [6, 6.07) is 0.